The van der Waals surface area contributed by atoms with Crippen LogP contribution >= 0.6 is 0 Å². The average molecular weight is 275 g/mol. The van der Waals surface area contributed by atoms with Crippen molar-refractivity contribution in [3.8, 4) is 11.3 Å². The van der Waals surface area contributed by atoms with Gasteiger partial charge in [0.2, 0.25) is 5.95 Å². The van der Waals surface area contributed by atoms with E-state index in [1.807, 2.05) is 49.4 Å². The third kappa shape index (κ3) is 3.08. The summed E-state index contributed by atoms with van der Waals surface area (Å²) in [6.45, 7) is 4.05. The molecule has 0 amide bonds. The lowest BCUT2D eigenvalue weighted by Gasteiger charge is -2.10. The Morgan fingerprint density at radius 1 is 0.810 bits per heavy atom. The van der Waals surface area contributed by atoms with E-state index in [1.54, 1.807) is 0 Å². The number of anilines is 2. The maximum Gasteiger partial charge on any atom is 0.227 e. The molecule has 0 unspecified atom stereocenters. The molecule has 0 saturated heterocycles. The van der Waals surface area contributed by atoms with Crippen molar-refractivity contribution < 1.29 is 0 Å². The molecule has 21 heavy (non-hydrogen) atoms. The molecule has 3 aromatic rings. The van der Waals surface area contributed by atoms with Gasteiger partial charge in [0.15, 0.2) is 0 Å². The Bertz CT molecular complexity index is 751. The van der Waals surface area contributed by atoms with Crippen LogP contribution in [-0.2, 0) is 0 Å². The van der Waals surface area contributed by atoms with Crippen LogP contribution in [0.25, 0.3) is 11.3 Å². The Morgan fingerprint density at radius 3 is 2.29 bits per heavy atom. The molecular weight excluding hydrogens is 258 g/mol. The first-order valence-corrected chi connectivity index (χ1v) is 6.96. The Labute approximate surface area is 124 Å². The summed E-state index contributed by atoms with van der Waals surface area (Å²) >= 11 is 0. The molecule has 0 aliphatic heterocycles. The highest BCUT2D eigenvalue weighted by molar-refractivity contribution is 5.63. The highest BCUT2D eigenvalue weighted by Crippen LogP contribution is 2.22. The molecule has 0 saturated carbocycles. The molecule has 1 aromatic heterocycles. The van der Waals surface area contributed by atoms with Crippen molar-refractivity contribution in [2.45, 2.75) is 13.8 Å². The number of aryl methyl sites for hydroxylation is 2. The Hall–Kier alpha value is -2.68. The van der Waals surface area contributed by atoms with Crippen molar-refractivity contribution in [3.63, 3.8) is 0 Å². The predicted molar refractivity (Wildman–Crippen MR) is 86.7 cm³/mol. The van der Waals surface area contributed by atoms with Gasteiger partial charge < -0.3 is 5.32 Å². The number of benzene rings is 2. The molecule has 3 rings (SSSR count). The van der Waals surface area contributed by atoms with Gasteiger partial charge in [-0.2, -0.15) is 0 Å². The van der Waals surface area contributed by atoms with Crippen LogP contribution in [0.15, 0.2) is 60.7 Å². The van der Waals surface area contributed by atoms with Gasteiger partial charge in [0.1, 0.15) is 0 Å². The van der Waals surface area contributed by atoms with Gasteiger partial charge in [-0.1, -0.05) is 48.5 Å². The van der Waals surface area contributed by atoms with Crippen LogP contribution in [0.4, 0.5) is 11.6 Å². The van der Waals surface area contributed by atoms with E-state index < -0.39 is 0 Å². The highest BCUT2D eigenvalue weighted by Gasteiger charge is 2.05. The fourth-order valence-electron chi connectivity index (χ4n) is 2.21. The third-order valence-corrected chi connectivity index (χ3v) is 3.32. The Morgan fingerprint density at radius 2 is 1.52 bits per heavy atom. The summed E-state index contributed by atoms with van der Waals surface area (Å²) in [6.07, 6.45) is 0. The van der Waals surface area contributed by atoms with Crippen LogP contribution in [0.3, 0.4) is 0 Å². The van der Waals surface area contributed by atoms with E-state index >= 15 is 0 Å². The largest absolute Gasteiger partial charge is 0.324 e. The zero-order valence-electron chi connectivity index (χ0n) is 12.2. The molecule has 104 valence electrons. The summed E-state index contributed by atoms with van der Waals surface area (Å²) in [5.74, 6) is 0.628. The quantitative estimate of drug-likeness (QED) is 0.764. The van der Waals surface area contributed by atoms with E-state index in [9.17, 15) is 0 Å². The minimum absolute atomic E-state index is 0.628. The van der Waals surface area contributed by atoms with Crippen LogP contribution < -0.4 is 5.32 Å². The predicted octanol–water partition coefficient (Wildman–Crippen LogP) is 4.50. The average Bonchev–Trinajstić information content (AvgIpc) is 2.50. The van der Waals surface area contributed by atoms with E-state index in [1.165, 1.54) is 5.56 Å². The number of hydrogen-bond donors (Lipinski definition) is 1. The van der Waals surface area contributed by atoms with Gasteiger partial charge in [0, 0.05) is 16.9 Å². The maximum atomic E-state index is 4.62. The highest BCUT2D eigenvalue weighted by atomic mass is 15.1. The molecular formula is C18H17N3. The minimum atomic E-state index is 0.628. The third-order valence-electron chi connectivity index (χ3n) is 3.32. The number of nitrogens with zero attached hydrogens (tertiary/aromatic N) is 2. The molecule has 0 aliphatic rings. The molecule has 3 nitrogen and oxygen atoms in total. The first-order chi connectivity index (χ1) is 10.2. The van der Waals surface area contributed by atoms with Gasteiger partial charge >= 0.3 is 0 Å². The fraction of sp³-hybridized carbons (Fsp3) is 0.111. The second-order valence-electron chi connectivity index (χ2n) is 5.02. The lowest BCUT2D eigenvalue weighted by atomic mass is 10.1. The van der Waals surface area contributed by atoms with E-state index in [0.717, 1.165) is 22.6 Å². The van der Waals surface area contributed by atoms with E-state index in [4.69, 9.17) is 0 Å². The summed E-state index contributed by atoms with van der Waals surface area (Å²) in [6, 6.07) is 20.3. The first kappa shape index (κ1) is 13.3. The number of rotatable bonds is 3. The van der Waals surface area contributed by atoms with E-state index in [-0.39, 0.29) is 0 Å². The Balaban J connectivity index is 1.97. The topological polar surface area (TPSA) is 37.8 Å². The van der Waals surface area contributed by atoms with Crippen LogP contribution in [0.5, 0.6) is 0 Å². The van der Waals surface area contributed by atoms with Crippen LogP contribution in [0, 0.1) is 13.8 Å². The van der Waals surface area contributed by atoms with Gasteiger partial charge in [-0.25, -0.2) is 9.97 Å². The van der Waals surface area contributed by atoms with Crippen LogP contribution in [0.2, 0.25) is 0 Å². The number of aromatic nitrogens is 2. The molecule has 1 N–H and O–H groups in total. The van der Waals surface area contributed by atoms with Gasteiger partial charge in [-0.3, -0.25) is 0 Å². The van der Waals surface area contributed by atoms with Crippen molar-refractivity contribution in [3.05, 3.63) is 71.9 Å². The van der Waals surface area contributed by atoms with Crippen LogP contribution in [-0.4, -0.2) is 9.97 Å². The lowest BCUT2D eigenvalue weighted by Crippen LogP contribution is -2.01. The van der Waals surface area contributed by atoms with Crippen molar-refractivity contribution in [1.82, 2.24) is 9.97 Å². The minimum Gasteiger partial charge on any atom is -0.324 e. The smallest absolute Gasteiger partial charge is 0.227 e. The summed E-state index contributed by atoms with van der Waals surface area (Å²) < 4.78 is 0. The molecule has 0 fully saturated rings. The van der Waals surface area contributed by atoms with Crippen molar-refractivity contribution in [1.29, 1.82) is 0 Å². The van der Waals surface area contributed by atoms with Gasteiger partial charge in [0.05, 0.1) is 5.69 Å². The van der Waals surface area contributed by atoms with Gasteiger partial charge in [-0.15, -0.1) is 0 Å². The molecule has 0 bridgehead atoms. The van der Waals surface area contributed by atoms with Crippen LogP contribution in [0.1, 0.15) is 11.3 Å². The van der Waals surface area contributed by atoms with E-state index in [2.05, 4.69) is 40.4 Å². The standard InChI is InChI=1S/C18H17N3/c1-13-8-6-7-11-16(13)20-18-19-14(2)12-17(21-18)15-9-4-3-5-10-15/h3-12H,1-2H3,(H,19,20,21). The summed E-state index contributed by atoms with van der Waals surface area (Å²) in [7, 11) is 0. The van der Waals surface area contributed by atoms with E-state index in [0.29, 0.717) is 5.95 Å². The molecule has 0 atom stereocenters. The zero-order valence-corrected chi connectivity index (χ0v) is 12.2. The molecule has 0 radical (unpaired) electrons. The molecule has 1 heterocycles. The fourth-order valence-corrected chi connectivity index (χ4v) is 2.21. The Kier molecular flexibility index (Phi) is 3.65. The summed E-state index contributed by atoms with van der Waals surface area (Å²) in [5.41, 5.74) is 5.17. The zero-order chi connectivity index (χ0) is 14.7. The second-order valence-corrected chi connectivity index (χ2v) is 5.02. The monoisotopic (exact) mass is 275 g/mol. The molecule has 3 heteroatoms. The van der Waals surface area contributed by atoms with Crippen molar-refractivity contribution in [2.24, 2.45) is 0 Å². The van der Waals surface area contributed by atoms with Crippen molar-refractivity contribution in [2.75, 3.05) is 5.32 Å². The summed E-state index contributed by atoms with van der Waals surface area (Å²) in [5, 5.41) is 3.30. The lowest BCUT2D eigenvalue weighted by molar-refractivity contribution is 1.11. The van der Waals surface area contributed by atoms with Crippen molar-refractivity contribution >= 4 is 11.6 Å². The molecule has 0 spiro atoms. The number of nitrogens with one attached hydrogen (secondary N) is 1. The second kappa shape index (κ2) is 5.75. The van der Waals surface area contributed by atoms with Gasteiger partial charge in [-0.05, 0) is 31.5 Å². The number of para-hydroxylation sites is 1. The number of hydrogen-bond acceptors (Lipinski definition) is 3. The normalized spacial score (nSPS) is 10.4. The SMILES string of the molecule is Cc1cc(-c2ccccc2)nc(Nc2ccccc2C)n1. The first-order valence-electron chi connectivity index (χ1n) is 6.96. The van der Waals surface area contributed by atoms with Gasteiger partial charge in [0.25, 0.3) is 0 Å². The molecule has 2 aromatic carbocycles. The summed E-state index contributed by atoms with van der Waals surface area (Å²) in [4.78, 5) is 9.09. The molecule has 0 aliphatic carbocycles. The maximum absolute atomic E-state index is 4.62.